The molecule has 272 valence electrons. The first-order valence-corrected chi connectivity index (χ1v) is 17.1. The molecule has 1 fully saturated rings. The lowest BCUT2D eigenvalue weighted by atomic mass is 10.1. The number of carbonyl (C=O) groups is 6. The van der Waals surface area contributed by atoms with Crippen molar-refractivity contribution < 1.29 is 49.2 Å². The lowest BCUT2D eigenvalue weighted by Crippen LogP contribution is -2.43. The molecule has 3 unspecified atom stereocenters. The van der Waals surface area contributed by atoms with Crippen molar-refractivity contribution in [2.24, 2.45) is 0 Å². The highest BCUT2D eigenvalue weighted by Gasteiger charge is 2.47. The molecular formula is C34H44N4O10S2. The quantitative estimate of drug-likeness (QED) is 0.156. The van der Waals surface area contributed by atoms with Gasteiger partial charge in [-0.05, 0) is 31.1 Å². The second kappa shape index (κ2) is 19.1. The third kappa shape index (κ3) is 13.2. The van der Waals surface area contributed by atoms with E-state index >= 15 is 0 Å². The summed E-state index contributed by atoms with van der Waals surface area (Å²) in [5.74, 6) is -3.24. The first kappa shape index (κ1) is 41.8. The van der Waals surface area contributed by atoms with E-state index in [1.165, 1.54) is 35.8 Å². The summed E-state index contributed by atoms with van der Waals surface area (Å²) >= 11 is 4.87. The van der Waals surface area contributed by atoms with E-state index in [2.05, 4.69) is 23.3 Å². The van der Waals surface area contributed by atoms with Crippen LogP contribution >= 0.6 is 24.4 Å². The molecule has 0 bridgehead atoms. The van der Waals surface area contributed by atoms with Gasteiger partial charge in [0, 0.05) is 50.9 Å². The standard InChI is InChI=1S/C17H22N2O5S.C12H13NO2.C5H9NO3S/c1-11(20)18-13(16(22)23)10-25-14-8-17(2,24)19(15(14)21)9-12-6-4-3-5-7-12;1-12(15)8-7-11(14)13(12)9-10-5-3-2-4-6-10;1-3(7)6-4(2-10)5(8)9/h3-7,13-14,24H,8-10H2,1-2H3,(H,18,20)(H,22,23);2-8,15H,9H2,1H3;4,10H,2H2,1H3,(H,6,7)(H,8,9)/t13-,14?,17?;;4-/m0.0/s1. The van der Waals surface area contributed by atoms with Crippen LogP contribution in [0.4, 0.5) is 0 Å². The van der Waals surface area contributed by atoms with E-state index in [-0.39, 0.29) is 42.2 Å². The summed E-state index contributed by atoms with van der Waals surface area (Å²) in [5, 5.41) is 42.0. The average Bonchev–Trinajstić information content (AvgIpc) is 3.43. The Kier molecular flexibility index (Phi) is 16.0. The van der Waals surface area contributed by atoms with Gasteiger partial charge in [-0.2, -0.15) is 12.6 Å². The number of hydrogen-bond acceptors (Lipinski definition) is 10. The number of benzene rings is 2. The highest BCUT2D eigenvalue weighted by Crippen LogP contribution is 2.36. The number of amides is 4. The van der Waals surface area contributed by atoms with Gasteiger partial charge in [0.15, 0.2) is 5.72 Å². The number of rotatable bonds is 12. The fraction of sp³-hybridized carbons (Fsp3) is 0.412. The molecule has 0 aromatic heterocycles. The van der Waals surface area contributed by atoms with Gasteiger partial charge in [-0.25, -0.2) is 9.59 Å². The molecule has 4 amide bonds. The fourth-order valence-corrected chi connectivity index (χ4v) is 6.41. The molecule has 16 heteroatoms. The van der Waals surface area contributed by atoms with Crippen LogP contribution in [-0.4, -0.2) is 106 Å². The van der Waals surface area contributed by atoms with Gasteiger partial charge in [0.05, 0.1) is 5.25 Å². The van der Waals surface area contributed by atoms with Crippen molar-refractivity contribution in [3.63, 3.8) is 0 Å². The van der Waals surface area contributed by atoms with Crippen molar-refractivity contribution in [1.29, 1.82) is 0 Å². The lowest BCUT2D eigenvalue weighted by Gasteiger charge is -2.29. The number of thioether (sulfide) groups is 1. The zero-order valence-electron chi connectivity index (χ0n) is 28.2. The van der Waals surface area contributed by atoms with E-state index in [1.807, 2.05) is 60.7 Å². The van der Waals surface area contributed by atoms with Crippen LogP contribution < -0.4 is 10.6 Å². The lowest BCUT2D eigenvalue weighted by molar-refractivity contribution is -0.144. The van der Waals surface area contributed by atoms with E-state index in [9.17, 15) is 39.0 Å². The van der Waals surface area contributed by atoms with Crippen molar-refractivity contribution in [2.45, 2.75) is 76.0 Å². The Balaban J connectivity index is 0.000000293. The predicted octanol–water partition coefficient (Wildman–Crippen LogP) is 1.62. The van der Waals surface area contributed by atoms with Crippen LogP contribution in [0.5, 0.6) is 0 Å². The first-order chi connectivity index (χ1) is 23.4. The molecule has 4 rings (SSSR count). The summed E-state index contributed by atoms with van der Waals surface area (Å²) in [6.07, 6.45) is 3.12. The zero-order chi connectivity index (χ0) is 37.6. The topological polar surface area (TPSA) is 214 Å². The highest BCUT2D eigenvalue weighted by atomic mass is 32.2. The van der Waals surface area contributed by atoms with Gasteiger partial charge in [-0.15, -0.1) is 11.8 Å². The maximum atomic E-state index is 12.6. The maximum absolute atomic E-state index is 12.6. The number of nitrogens with zero attached hydrogens (tertiary/aromatic N) is 2. The molecule has 6 N–H and O–H groups in total. The van der Waals surface area contributed by atoms with Crippen LogP contribution in [-0.2, 0) is 41.9 Å². The molecule has 0 spiro atoms. The monoisotopic (exact) mass is 732 g/mol. The Bertz CT molecular complexity index is 1520. The second-order valence-corrected chi connectivity index (χ2v) is 13.5. The third-order valence-corrected chi connectivity index (χ3v) is 9.08. The third-order valence-electron chi connectivity index (χ3n) is 7.41. The van der Waals surface area contributed by atoms with Gasteiger partial charge in [0.2, 0.25) is 23.6 Å². The minimum absolute atomic E-state index is 0.0561. The van der Waals surface area contributed by atoms with E-state index in [0.29, 0.717) is 6.54 Å². The van der Waals surface area contributed by atoms with Gasteiger partial charge < -0.3 is 40.9 Å². The summed E-state index contributed by atoms with van der Waals surface area (Å²) in [7, 11) is 0. The molecule has 50 heavy (non-hydrogen) atoms. The summed E-state index contributed by atoms with van der Waals surface area (Å²) in [6.45, 7) is 6.42. The second-order valence-electron chi connectivity index (χ2n) is 11.9. The fourth-order valence-electron chi connectivity index (χ4n) is 4.80. The number of nitrogens with one attached hydrogen (secondary N) is 2. The number of hydrogen-bond donors (Lipinski definition) is 7. The molecule has 0 saturated carbocycles. The molecule has 2 aromatic rings. The van der Waals surface area contributed by atoms with Crippen molar-refractivity contribution in [3.05, 3.63) is 83.9 Å². The number of thiol groups is 1. The Labute approximate surface area is 300 Å². The van der Waals surface area contributed by atoms with Crippen LogP contribution in [0.15, 0.2) is 72.8 Å². The molecular weight excluding hydrogens is 689 g/mol. The molecule has 2 aliphatic heterocycles. The van der Waals surface area contributed by atoms with E-state index < -0.39 is 46.6 Å². The molecule has 0 radical (unpaired) electrons. The molecule has 2 aliphatic rings. The van der Waals surface area contributed by atoms with Crippen LogP contribution in [0.1, 0.15) is 45.2 Å². The van der Waals surface area contributed by atoms with Gasteiger partial charge in [0.25, 0.3) is 0 Å². The molecule has 5 atom stereocenters. The number of aliphatic hydroxyl groups is 2. The molecule has 2 heterocycles. The Hall–Kier alpha value is -4.38. The number of aliphatic carboxylic acids is 2. The van der Waals surface area contributed by atoms with E-state index in [1.54, 1.807) is 13.8 Å². The van der Waals surface area contributed by atoms with Crippen LogP contribution in [0.25, 0.3) is 0 Å². The number of carbonyl (C=O) groups excluding carboxylic acids is 4. The van der Waals surface area contributed by atoms with Crippen molar-refractivity contribution in [3.8, 4) is 0 Å². The Morgan fingerprint density at radius 3 is 1.68 bits per heavy atom. The average molecular weight is 733 g/mol. The summed E-state index contributed by atoms with van der Waals surface area (Å²) in [4.78, 5) is 69.7. The zero-order valence-corrected chi connectivity index (χ0v) is 29.9. The van der Waals surface area contributed by atoms with Crippen molar-refractivity contribution in [1.82, 2.24) is 20.4 Å². The first-order valence-electron chi connectivity index (χ1n) is 15.4. The summed E-state index contributed by atoms with van der Waals surface area (Å²) < 4.78 is 0. The molecule has 0 aliphatic carbocycles. The smallest absolute Gasteiger partial charge is 0.327 e. The Morgan fingerprint density at radius 1 is 0.840 bits per heavy atom. The Morgan fingerprint density at radius 2 is 1.30 bits per heavy atom. The minimum atomic E-state index is -1.29. The minimum Gasteiger partial charge on any atom is -0.480 e. The summed E-state index contributed by atoms with van der Waals surface area (Å²) in [6, 6.07) is 17.0. The van der Waals surface area contributed by atoms with Gasteiger partial charge in [0.1, 0.15) is 17.8 Å². The predicted molar refractivity (Wildman–Crippen MR) is 190 cm³/mol. The van der Waals surface area contributed by atoms with Crippen LogP contribution in [0.3, 0.4) is 0 Å². The van der Waals surface area contributed by atoms with Crippen LogP contribution in [0, 0.1) is 0 Å². The maximum Gasteiger partial charge on any atom is 0.327 e. The van der Waals surface area contributed by atoms with E-state index in [0.717, 1.165) is 22.9 Å². The van der Waals surface area contributed by atoms with Crippen LogP contribution in [0.2, 0.25) is 0 Å². The van der Waals surface area contributed by atoms with Gasteiger partial charge in [-0.3, -0.25) is 19.2 Å². The largest absolute Gasteiger partial charge is 0.480 e. The normalized spacial score (nSPS) is 22.0. The van der Waals surface area contributed by atoms with Crippen molar-refractivity contribution >= 4 is 60.0 Å². The summed E-state index contributed by atoms with van der Waals surface area (Å²) in [5.41, 5.74) is -0.539. The van der Waals surface area contributed by atoms with Gasteiger partial charge in [-0.1, -0.05) is 60.7 Å². The molecule has 1 saturated heterocycles. The number of carboxylic acid groups (broad SMARTS) is 2. The molecule has 14 nitrogen and oxygen atoms in total. The van der Waals surface area contributed by atoms with E-state index in [4.69, 9.17) is 10.2 Å². The number of carboxylic acids is 2. The molecule has 2 aromatic carbocycles. The van der Waals surface area contributed by atoms with Gasteiger partial charge >= 0.3 is 11.9 Å². The number of likely N-dealkylation sites (tertiary alicyclic amines) is 1. The van der Waals surface area contributed by atoms with Crippen molar-refractivity contribution in [2.75, 3.05) is 11.5 Å². The SMILES string of the molecule is CC(=O)N[C@@H](CS)C(=O)O.CC(=O)N[C@@H](CSC1CC(C)(O)N(Cc2ccccc2)C1=O)C(=O)O.CC1(O)C=CC(=O)N1Cc1ccccc1. The highest BCUT2D eigenvalue weighted by molar-refractivity contribution is 8.00.